The molecule has 38 valence electrons. The summed E-state index contributed by atoms with van der Waals surface area (Å²) in [6.07, 6.45) is 2.32. The Morgan fingerprint density at radius 2 is 2.33 bits per heavy atom. The summed E-state index contributed by atoms with van der Waals surface area (Å²) in [6, 6.07) is 0. The predicted octanol–water partition coefficient (Wildman–Crippen LogP) is 2.79. The molecule has 0 bridgehead atoms. The second-order valence-electron chi connectivity index (χ2n) is 1.18. The van der Waals surface area contributed by atoms with Gasteiger partial charge in [-0.25, -0.2) is 0 Å². The Bertz CT molecular complexity index is 28.7. The number of alkyl halides is 2. The second kappa shape index (κ2) is 4.19. The van der Waals surface area contributed by atoms with Crippen molar-refractivity contribution >= 4 is 34.2 Å². The van der Waals surface area contributed by atoms with Crippen molar-refractivity contribution in [3.63, 3.8) is 0 Å². The minimum atomic E-state index is 0.340. The van der Waals surface area contributed by atoms with Crippen molar-refractivity contribution in [1.82, 2.24) is 0 Å². The molecule has 0 amide bonds. The minimum absolute atomic E-state index is 0.340. The molecule has 0 aromatic carbocycles. The van der Waals surface area contributed by atoms with E-state index in [1.54, 1.807) is 0 Å². The third-order valence-electron chi connectivity index (χ3n) is 0.507. The Balaban J connectivity index is 2.63. The van der Waals surface area contributed by atoms with E-state index in [0.29, 0.717) is 3.38 Å². The maximum Gasteiger partial charge on any atom is 0.0850 e. The highest BCUT2D eigenvalue weighted by Gasteiger charge is 1.90. The van der Waals surface area contributed by atoms with Crippen LogP contribution in [0.2, 0.25) is 0 Å². The van der Waals surface area contributed by atoms with Crippen LogP contribution in [0, 0.1) is 0 Å². The van der Waals surface area contributed by atoms with Gasteiger partial charge in [0.15, 0.2) is 0 Å². The van der Waals surface area contributed by atoms with Gasteiger partial charge in [0.2, 0.25) is 0 Å². The van der Waals surface area contributed by atoms with Crippen molar-refractivity contribution in [2.45, 2.75) is 23.1 Å². The molecule has 0 fully saturated rings. The van der Waals surface area contributed by atoms with Gasteiger partial charge >= 0.3 is 0 Å². The summed E-state index contributed by atoms with van der Waals surface area (Å²) in [5.41, 5.74) is 0. The maximum absolute atomic E-state index is 5.56. The van der Waals surface area contributed by atoms with Crippen LogP contribution in [0.15, 0.2) is 0 Å². The number of hydrogen-bond donors (Lipinski definition) is 0. The van der Waals surface area contributed by atoms with Crippen LogP contribution in [-0.2, 0) is 0 Å². The lowest BCUT2D eigenvalue weighted by Gasteiger charge is -1.91. The first-order valence-electron chi connectivity index (χ1n) is 2.05. The van der Waals surface area contributed by atoms with Gasteiger partial charge in [0.05, 0.1) is 3.38 Å². The van der Waals surface area contributed by atoms with Crippen LogP contribution >= 0.6 is 34.2 Å². The van der Waals surface area contributed by atoms with Crippen molar-refractivity contribution in [1.29, 1.82) is 0 Å². The monoisotopic (exact) mass is 218 g/mol. The number of hydrogen-bond acceptors (Lipinski definition) is 0. The molecule has 0 saturated heterocycles. The molecule has 1 unspecified atom stereocenters. The van der Waals surface area contributed by atoms with Crippen LogP contribution < -0.4 is 0 Å². The Morgan fingerprint density at radius 3 is 2.33 bits per heavy atom. The normalized spacial score (nSPS) is 14.5. The van der Waals surface area contributed by atoms with Crippen LogP contribution in [0.4, 0.5) is 0 Å². The molecule has 0 aromatic rings. The molecule has 0 saturated carbocycles. The average molecular weight is 218 g/mol. The van der Waals surface area contributed by atoms with Crippen molar-refractivity contribution in [3.8, 4) is 0 Å². The van der Waals surface area contributed by atoms with E-state index in [9.17, 15) is 0 Å². The molecule has 0 aromatic heterocycles. The lowest BCUT2D eigenvalue weighted by atomic mass is 10.4. The largest absolute Gasteiger partial charge is 0.111 e. The molecule has 0 aliphatic rings. The van der Waals surface area contributed by atoms with Crippen molar-refractivity contribution in [3.05, 3.63) is 0 Å². The zero-order valence-corrected chi connectivity index (χ0v) is 6.66. The summed E-state index contributed by atoms with van der Waals surface area (Å²) in [7, 11) is 0. The smallest absolute Gasteiger partial charge is 0.0850 e. The first kappa shape index (κ1) is 7.02. The highest BCUT2D eigenvalue weighted by Crippen LogP contribution is 2.11. The molecule has 0 nitrogen and oxygen atoms in total. The Hall–Kier alpha value is 1.02. The van der Waals surface area contributed by atoms with Crippen molar-refractivity contribution < 1.29 is 0 Å². The Morgan fingerprint density at radius 1 is 1.83 bits per heavy atom. The highest BCUT2D eigenvalue weighted by atomic mass is 127. The van der Waals surface area contributed by atoms with Crippen molar-refractivity contribution in [2.24, 2.45) is 0 Å². The van der Waals surface area contributed by atoms with Gasteiger partial charge in [0, 0.05) is 0 Å². The summed E-state index contributed by atoms with van der Waals surface area (Å²) in [6.45, 7) is 2.13. The van der Waals surface area contributed by atoms with Crippen LogP contribution in [-0.4, -0.2) is 3.38 Å². The first-order valence-corrected chi connectivity index (χ1v) is 3.73. The van der Waals surface area contributed by atoms with E-state index in [-0.39, 0.29) is 0 Å². The summed E-state index contributed by atoms with van der Waals surface area (Å²) >= 11 is 7.77. The minimum Gasteiger partial charge on any atom is -0.111 e. The lowest BCUT2D eigenvalue weighted by molar-refractivity contribution is 0.879. The van der Waals surface area contributed by atoms with E-state index in [0.717, 1.165) is 6.42 Å². The first-order chi connectivity index (χ1) is 2.77. The summed E-state index contributed by atoms with van der Waals surface area (Å²) < 4.78 is 0.340. The zero-order chi connectivity index (χ0) is 4.99. The number of halogens is 2. The van der Waals surface area contributed by atoms with E-state index >= 15 is 0 Å². The molecule has 0 N–H and O–H groups in total. The molecular weight excluding hydrogens is 210 g/mol. The quantitative estimate of drug-likeness (QED) is 0.494. The molecule has 0 aliphatic carbocycles. The van der Waals surface area contributed by atoms with Gasteiger partial charge in [0.25, 0.3) is 0 Å². The van der Waals surface area contributed by atoms with Crippen LogP contribution in [0.1, 0.15) is 19.8 Å². The molecule has 1 atom stereocenters. The molecule has 0 rings (SSSR count). The fourth-order valence-corrected chi connectivity index (χ4v) is 1.06. The summed E-state index contributed by atoms with van der Waals surface area (Å²) in [5.74, 6) is 0. The molecule has 6 heavy (non-hydrogen) atoms. The Labute approximate surface area is 57.4 Å². The van der Waals surface area contributed by atoms with E-state index < -0.39 is 0 Å². The molecule has 0 heterocycles. The third kappa shape index (κ3) is 5.02. The SMILES string of the molecule is CCCC(Cl)I. The van der Waals surface area contributed by atoms with E-state index in [1.165, 1.54) is 6.42 Å². The number of rotatable bonds is 2. The Kier molecular flexibility index (Phi) is 4.90. The van der Waals surface area contributed by atoms with Gasteiger partial charge in [-0.1, -0.05) is 35.9 Å². The van der Waals surface area contributed by atoms with Gasteiger partial charge in [-0.3, -0.25) is 0 Å². The maximum atomic E-state index is 5.56. The third-order valence-corrected chi connectivity index (χ3v) is 1.35. The molecule has 0 spiro atoms. The van der Waals surface area contributed by atoms with Crippen LogP contribution in [0.5, 0.6) is 0 Å². The molecule has 0 aliphatic heterocycles. The summed E-state index contributed by atoms with van der Waals surface area (Å²) in [5, 5.41) is 0. The van der Waals surface area contributed by atoms with Crippen molar-refractivity contribution in [2.75, 3.05) is 0 Å². The fourth-order valence-electron chi connectivity index (χ4n) is 0.218. The van der Waals surface area contributed by atoms with Gasteiger partial charge in [-0.15, -0.1) is 11.6 Å². The standard InChI is InChI=1S/C4H8ClI/c1-2-3-4(5)6/h4H,2-3H2,1H3. The lowest BCUT2D eigenvalue weighted by Crippen LogP contribution is -1.79. The average Bonchev–Trinajstić information content (AvgIpc) is 1.35. The van der Waals surface area contributed by atoms with Gasteiger partial charge in [-0.05, 0) is 6.42 Å². The topological polar surface area (TPSA) is 0 Å². The molecule has 0 radical (unpaired) electrons. The van der Waals surface area contributed by atoms with E-state index in [4.69, 9.17) is 11.6 Å². The van der Waals surface area contributed by atoms with Gasteiger partial charge in [-0.2, -0.15) is 0 Å². The second-order valence-corrected chi connectivity index (χ2v) is 3.95. The van der Waals surface area contributed by atoms with E-state index in [2.05, 4.69) is 29.5 Å². The van der Waals surface area contributed by atoms with Crippen LogP contribution in [0.3, 0.4) is 0 Å². The van der Waals surface area contributed by atoms with Gasteiger partial charge in [0.1, 0.15) is 0 Å². The van der Waals surface area contributed by atoms with Crippen LogP contribution in [0.25, 0.3) is 0 Å². The fraction of sp³-hybridized carbons (Fsp3) is 1.00. The van der Waals surface area contributed by atoms with Gasteiger partial charge < -0.3 is 0 Å². The summed E-state index contributed by atoms with van der Waals surface area (Å²) in [4.78, 5) is 0. The predicted molar refractivity (Wildman–Crippen MR) is 38.6 cm³/mol. The molecular formula is C4H8ClI. The highest BCUT2D eigenvalue weighted by molar-refractivity contribution is 14.1. The molecule has 2 heteroatoms. The zero-order valence-electron chi connectivity index (χ0n) is 3.75. The van der Waals surface area contributed by atoms with E-state index in [1.807, 2.05) is 0 Å².